The van der Waals surface area contributed by atoms with Gasteiger partial charge in [-0.15, -0.1) is 0 Å². The molecule has 3 N–H and O–H groups in total. The Kier molecular flexibility index (Phi) is 11.5. The summed E-state index contributed by atoms with van der Waals surface area (Å²) in [5.41, 5.74) is 8.79. The third-order valence-corrected chi connectivity index (χ3v) is 5.11. The molecule has 0 saturated heterocycles. The molecule has 152 valence electrons. The van der Waals surface area contributed by atoms with Gasteiger partial charge in [-0.1, -0.05) is 55.6 Å². The number of aliphatic hydroxyl groups is 2. The Hall–Kier alpha value is -1.82. The van der Waals surface area contributed by atoms with Gasteiger partial charge in [0.2, 0.25) is 0 Å². The van der Waals surface area contributed by atoms with Gasteiger partial charge >= 0.3 is 5.97 Å². The molecule has 1 saturated carbocycles. The first-order valence-corrected chi connectivity index (χ1v) is 9.95. The van der Waals surface area contributed by atoms with Crippen molar-refractivity contribution in [2.45, 2.75) is 83.0 Å². The predicted octanol–water partition coefficient (Wildman–Crippen LogP) is 4.36. The van der Waals surface area contributed by atoms with Crippen LogP contribution in [0.15, 0.2) is 29.4 Å². The first-order valence-electron chi connectivity index (χ1n) is 9.95. The van der Waals surface area contributed by atoms with Gasteiger partial charge in [0.05, 0.1) is 12.2 Å². The second-order valence-electron chi connectivity index (χ2n) is 7.26. The van der Waals surface area contributed by atoms with Crippen LogP contribution in [0.4, 0.5) is 0 Å². The second-order valence-corrected chi connectivity index (χ2v) is 7.26. The molecule has 1 aliphatic carbocycles. The Morgan fingerprint density at radius 3 is 2.78 bits per heavy atom. The van der Waals surface area contributed by atoms with E-state index < -0.39 is 18.2 Å². The van der Waals surface area contributed by atoms with Gasteiger partial charge in [-0.25, -0.2) is 0 Å². The minimum atomic E-state index is -0.798. The van der Waals surface area contributed by atoms with E-state index in [1.807, 2.05) is 18.2 Å². The summed E-state index contributed by atoms with van der Waals surface area (Å²) < 4.78 is 0. The number of rotatable bonds is 13. The van der Waals surface area contributed by atoms with Crippen LogP contribution in [0.3, 0.4) is 0 Å². The summed E-state index contributed by atoms with van der Waals surface area (Å²) >= 11 is 0. The van der Waals surface area contributed by atoms with Gasteiger partial charge in [0.15, 0.2) is 0 Å². The summed E-state index contributed by atoms with van der Waals surface area (Å²) in [5.74, 6) is -0.982. The van der Waals surface area contributed by atoms with Crippen LogP contribution in [0.2, 0.25) is 0 Å². The van der Waals surface area contributed by atoms with E-state index in [9.17, 15) is 15.0 Å². The van der Waals surface area contributed by atoms with E-state index in [1.54, 1.807) is 6.08 Å². The van der Waals surface area contributed by atoms with Gasteiger partial charge in [0.25, 0.3) is 0 Å². The van der Waals surface area contributed by atoms with Crippen LogP contribution in [0.25, 0.3) is 10.4 Å². The van der Waals surface area contributed by atoms with E-state index in [-0.39, 0.29) is 24.3 Å². The first-order chi connectivity index (χ1) is 13.0. The lowest BCUT2D eigenvalue weighted by molar-refractivity contribution is -0.137. The van der Waals surface area contributed by atoms with E-state index >= 15 is 0 Å². The molecule has 0 heterocycles. The Morgan fingerprint density at radius 1 is 1.33 bits per heavy atom. The highest BCUT2D eigenvalue weighted by atomic mass is 16.4. The monoisotopic (exact) mass is 379 g/mol. The van der Waals surface area contributed by atoms with Crippen molar-refractivity contribution in [1.82, 2.24) is 0 Å². The number of azide groups is 1. The van der Waals surface area contributed by atoms with Crippen molar-refractivity contribution in [3.05, 3.63) is 34.7 Å². The lowest BCUT2D eigenvalue weighted by Gasteiger charge is -2.20. The maximum absolute atomic E-state index is 10.5. The number of hydrogen-bond donors (Lipinski definition) is 3. The first kappa shape index (κ1) is 23.2. The molecule has 0 aromatic carbocycles. The minimum absolute atomic E-state index is 0.0225. The topological polar surface area (TPSA) is 127 Å². The van der Waals surface area contributed by atoms with Gasteiger partial charge in [-0.2, -0.15) is 0 Å². The molecule has 0 bridgehead atoms. The lowest BCUT2D eigenvalue weighted by atomic mass is 9.88. The molecule has 0 aliphatic heterocycles. The fourth-order valence-electron chi connectivity index (χ4n) is 3.60. The highest BCUT2D eigenvalue weighted by Gasteiger charge is 2.39. The second kappa shape index (κ2) is 13.4. The average Bonchev–Trinajstić information content (AvgIpc) is 2.91. The van der Waals surface area contributed by atoms with Crippen molar-refractivity contribution in [1.29, 1.82) is 0 Å². The molecule has 0 spiro atoms. The van der Waals surface area contributed by atoms with Crippen LogP contribution in [0, 0.1) is 11.8 Å². The molecule has 1 fully saturated rings. The van der Waals surface area contributed by atoms with Gasteiger partial charge in [-0.3, -0.25) is 4.79 Å². The number of nitrogens with zero attached hydrogens (tertiary/aromatic N) is 3. The van der Waals surface area contributed by atoms with Crippen LogP contribution >= 0.6 is 0 Å². The quantitative estimate of drug-likeness (QED) is 0.144. The molecule has 0 unspecified atom stereocenters. The van der Waals surface area contributed by atoms with Crippen molar-refractivity contribution < 1.29 is 20.1 Å². The van der Waals surface area contributed by atoms with Crippen molar-refractivity contribution in [3.8, 4) is 0 Å². The Balaban J connectivity index is 2.64. The SMILES string of the molecule is CCCCC[C@H](O)/C=C/[C@@H]1[C@@H](C/C=C\CCCC(=O)O)[C@H](N=[N+]=[N-])C[C@H]1O. The van der Waals surface area contributed by atoms with Crippen molar-refractivity contribution in [3.63, 3.8) is 0 Å². The number of aliphatic hydroxyl groups excluding tert-OH is 2. The summed E-state index contributed by atoms with van der Waals surface area (Å²) in [6.45, 7) is 2.12. The van der Waals surface area contributed by atoms with E-state index in [1.165, 1.54) is 0 Å². The number of allylic oxidation sites excluding steroid dienone is 2. The minimum Gasteiger partial charge on any atom is -0.481 e. The molecule has 0 aromatic rings. The van der Waals surface area contributed by atoms with Crippen molar-refractivity contribution in [2.75, 3.05) is 0 Å². The zero-order chi connectivity index (χ0) is 20.1. The number of unbranched alkanes of at least 4 members (excludes halogenated alkanes) is 3. The van der Waals surface area contributed by atoms with Gasteiger partial charge in [-0.05, 0) is 43.6 Å². The van der Waals surface area contributed by atoms with Gasteiger partial charge in [0.1, 0.15) is 0 Å². The number of carbonyl (C=O) groups is 1. The number of carboxylic acid groups (broad SMARTS) is 1. The molecule has 0 amide bonds. The zero-order valence-electron chi connectivity index (χ0n) is 16.2. The standard InChI is InChI=1S/C20H33N3O4/c1-2-3-6-9-15(24)12-13-17-16(18(22-23-21)14-19(17)25)10-7-4-5-8-11-20(26)27/h4,7,12-13,15-19,24-25H,2-3,5-6,8-11,14H2,1H3,(H,26,27)/b7-4-,13-12+/t15-,16+,17+,18+,19+/m0/s1. The van der Waals surface area contributed by atoms with E-state index in [2.05, 4.69) is 16.9 Å². The number of carboxylic acids is 1. The third kappa shape index (κ3) is 9.09. The maximum atomic E-state index is 10.5. The van der Waals surface area contributed by atoms with E-state index in [0.29, 0.717) is 32.1 Å². The Morgan fingerprint density at radius 2 is 2.11 bits per heavy atom. The number of hydrogen-bond acceptors (Lipinski definition) is 4. The largest absolute Gasteiger partial charge is 0.481 e. The molecule has 0 radical (unpaired) electrons. The lowest BCUT2D eigenvalue weighted by Crippen LogP contribution is -2.19. The molecular weight excluding hydrogens is 346 g/mol. The van der Waals surface area contributed by atoms with Crippen molar-refractivity contribution >= 4 is 5.97 Å². The smallest absolute Gasteiger partial charge is 0.303 e. The van der Waals surface area contributed by atoms with Crippen LogP contribution in [0.5, 0.6) is 0 Å². The third-order valence-electron chi connectivity index (χ3n) is 5.11. The molecule has 7 heteroatoms. The molecule has 1 aliphatic rings. The normalized spacial score (nSPS) is 26.5. The summed E-state index contributed by atoms with van der Waals surface area (Å²) in [5, 5.41) is 33.0. The summed E-state index contributed by atoms with van der Waals surface area (Å²) in [4.78, 5) is 13.4. The van der Waals surface area contributed by atoms with Gasteiger partial charge < -0.3 is 15.3 Å². The maximum Gasteiger partial charge on any atom is 0.303 e. The molecule has 1 rings (SSSR count). The molecule has 0 aromatic heterocycles. The Labute approximate surface area is 161 Å². The van der Waals surface area contributed by atoms with Gasteiger partial charge in [0, 0.05) is 23.3 Å². The molecular formula is C20H33N3O4. The fourth-order valence-corrected chi connectivity index (χ4v) is 3.60. The van der Waals surface area contributed by atoms with Crippen LogP contribution in [-0.2, 0) is 4.79 Å². The zero-order valence-corrected chi connectivity index (χ0v) is 16.2. The molecule has 7 nitrogen and oxygen atoms in total. The Bertz CT molecular complexity index is 543. The van der Waals surface area contributed by atoms with Crippen LogP contribution in [-0.4, -0.2) is 39.5 Å². The average molecular weight is 380 g/mol. The molecule has 5 atom stereocenters. The molecule has 27 heavy (non-hydrogen) atoms. The highest BCUT2D eigenvalue weighted by Crippen LogP contribution is 2.38. The summed E-state index contributed by atoms with van der Waals surface area (Å²) in [6.07, 6.45) is 12.8. The van der Waals surface area contributed by atoms with Crippen LogP contribution < -0.4 is 0 Å². The fraction of sp³-hybridized carbons (Fsp3) is 0.750. The number of aliphatic carboxylic acids is 1. The van der Waals surface area contributed by atoms with E-state index in [4.69, 9.17) is 10.6 Å². The van der Waals surface area contributed by atoms with E-state index in [0.717, 1.165) is 19.3 Å². The predicted molar refractivity (Wildman–Crippen MR) is 105 cm³/mol. The van der Waals surface area contributed by atoms with Crippen LogP contribution in [0.1, 0.15) is 64.7 Å². The summed E-state index contributed by atoms with van der Waals surface area (Å²) in [7, 11) is 0. The van der Waals surface area contributed by atoms with Crippen molar-refractivity contribution in [2.24, 2.45) is 17.0 Å². The summed E-state index contributed by atoms with van der Waals surface area (Å²) in [6, 6.07) is -0.277. The highest BCUT2D eigenvalue weighted by molar-refractivity contribution is 5.66.